The number of ether oxygens (including phenoxy) is 1. The van der Waals surface area contributed by atoms with Crippen LogP contribution >= 0.6 is 0 Å². The van der Waals surface area contributed by atoms with Gasteiger partial charge in [-0.3, -0.25) is 10.1 Å². The van der Waals surface area contributed by atoms with Crippen LogP contribution in [0.3, 0.4) is 0 Å². The molecule has 1 aromatic rings. The number of methoxy groups -OCH3 is 1. The van der Waals surface area contributed by atoms with Crippen molar-refractivity contribution in [2.24, 2.45) is 5.92 Å². The number of nitrogens with one attached hydrogen (secondary N) is 1. The number of rotatable bonds is 5. The van der Waals surface area contributed by atoms with Gasteiger partial charge >= 0.3 is 0 Å². The fraction of sp³-hybridized carbons (Fsp3) is 0.600. The van der Waals surface area contributed by atoms with E-state index in [2.05, 4.69) is 12.2 Å². The van der Waals surface area contributed by atoms with Gasteiger partial charge in [0.2, 0.25) is 0 Å². The van der Waals surface area contributed by atoms with Gasteiger partial charge < -0.3 is 10.1 Å². The molecular weight excluding hydrogens is 256 g/mol. The summed E-state index contributed by atoms with van der Waals surface area (Å²) in [7, 11) is 1.51. The molecular formula is C15H22N2O3. The number of hydrogen-bond donors (Lipinski definition) is 1. The van der Waals surface area contributed by atoms with Crippen molar-refractivity contribution >= 4 is 11.4 Å². The van der Waals surface area contributed by atoms with Crippen LogP contribution < -0.4 is 10.1 Å². The molecule has 0 unspecified atom stereocenters. The third-order valence-corrected chi connectivity index (χ3v) is 4.19. The Morgan fingerprint density at radius 1 is 1.35 bits per heavy atom. The lowest BCUT2D eigenvalue weighted by molar-refractivity contribution is -0.384. The molecule has 0 aliphatic heterocycles. The van der Waals surface area contributed by atoms with E-state index in [1.165, 1.54) is 32.4 Å². The highest BCUT2D eigenvalue weighted by Gasteiger charge is 2.23. The third kappa shape index (κ3) is 3.40. The van der Waals surface area contributed by atoms with E-state index >= 15 is 0 Å². The van der Waals surface area contributed by atoms with Crippen molar-refractivity contribution in [1.29, 1.82) is 0 Å². The SMILES string of the molecule is CCC1CCC(Nc2ccc(OC)cc2[N+](=O)[O-])CC1. The molecule has 1 aromatic carbocycles. The minimum absolute atomic E-state index is 0.0852. The Balaban J connectivity index is 2.07. The number of nitro benzene ring substituents is 1. The van der Waals surface area contributed by atoms with E-state index in [4.69, 9.17) is 4.74 Å². The summed E-state index contributed by atoms with van der Waals surface area (Å²) in [4.78, 5) is 10.8. The van der Waals surface area contributed by atoms with Crippen LogP contribution in [0.5, 0.6) is 5.75 Å². The lowest BCUT2D eigenvalue weighted by atomic mass is 9.84. The van der Waals surface area contributed by atoms with Gasteiger partial charge in [0, 0.05) is 6.04 Å². The van der Waals surface area contributed by atoms with E-state index in [-0.39, 0.29) is 10.6 Å². The minimum Gasteiger partial charge on any atom is -0.496 e. The van der Waals surface area contributed by atoms with Crippen LogP contribution in [0.2, 0.25) is 0 Å². The Bertz CT molecular complexity index is 468. The Hall–Kier alpha value is -1.78. The molecule has 5 nitrogen and oxygen atoms in total. The number of nitrogens with zero attached hydrogens (tertiary/aromatic N) is 1. The second-order valence-electron chi connectivity index (χ2n) is 5.41. The first kappa shape index (κ1) is 14.6. The van der Waals surface area contributed by atoms with Crippen molar-refractivity contribution in [3.05, 3.63) is 28.3 Å². The predicted octanol–water partition coefficient (Wildman–Crippen LogP) is 3.98. The van der Waals surface area contributed by atoms with Crippen LogP contribution in [0.25, 0.3) is 0 Å². The summed E-state index contributed by atoms with van der Waals surface area (Å²) in [5.74, 6) is 1.33. The molecule has 1 aliphatic rings. The van der Waals surface area contributed by atoms with Gasteiger partial charge in [0.05, 0.1) is 18.1 Å². The maximum absolute atomic E-state index is 11.1. The number of hydrogen-bond acceptors (Lipinski definition) is 4. The molecule has 5 heteroatoms. The van der Waals surface area contributed by atoms with Crippen LogP contribution in [-0.2, 0) is 0 Å². The molecule has 0 spiro atoms. The molecule has 2 rings (SSSR count). The van der Waals surface area contributed by atoms with Gasteiger partial charge in [-0.25, -0.2) is 0 Å². The summed E-state index contributed by atoms with van der Waals surface area (Å²) in [6, 6.07) is 5.31. The summed E-state index contributed by atoms with van der Waals surface area (Å²) in [5.41, 5.74) is 0.678. The van der Waals surface area contributed by atoms with Crippen LogP contribution in [0.15, 0.2) is 18.2 Å². The van der Waals surface area contributed by atoms with Crippen molar-refractivity contribution < 1.29 is 9.66 Å². The van der Waals surface area contributed by atoms with Crippen LogP contribution in [0.1, 0.15) is 39.0 Å². The predicted molar refractivity (Wildman–Crippen MR) is 79.3 cm³/mol. The molecule has 1 fully saturated rings. The molecule has 0 atom stereocenters. The molecule has 1 N–H and O–H groups in total. The summed E-state index contributed by atoms with van der Waals surface area (Å²) in [5, 5.41) is 14.5. The van der Waals surface area contributed by atoms with E-state index in [0.717, 1.165) is 18.8 Å². The lowest BCUT2D eigenvalue weighted by Gasteiger charge is -2.29. The van der Waals surface area contributed by atoms with Gasteiger partial charge in [-0.2, -0.15) is 0 Å². The normalized spacial score (nSPS) is 22.3. The Morgan fingerprint density at radius 3 is 2.60 bits per heavy atom. The van der Waals surface area contributed by atoms with Gasteiger partial charge in [0.15, 0.2) is 0 Å². The van der Waals surface area contributed by atoms with E-state index in [0.29, 0.717) is 17.5 Å². The van der Waals surface area contributed by atoms with Crippen molar-refractivity contribution in [3.63, 3.8) is 0 Å². The molecule has 0 amide bonds. The van der Waals surface area contributed by atoms with Crippen LogP contribution in [0.4, 0.5) is 11.4 Å². The van der Waals surface area contributed by atoms with E-state index in [1.54, 1.807) is 12.1 Å². The topological polar surface area (TPSA) is 64.4 Å². The molecule has 110 valence electrons. The highest BCUT2D eigenvalue weighted by atomic mass is 16.6. The van der Waals surface area contributed by atoms with Crippen LogP contribution in [-0.4, -0.2) is 18.1 Å². The van der Waals surface area contributed by atoms with Gasteiger partial charge in [0.25, 0.3) is 5.69 Å². The highest BCUT2D eigenvalue weighted by molar-refractivity contribution is 5.64. The lowest BCUT2D eigenvalue weighted by Crippen LogP contribution is -2.26. The largest absolute Gasteiger partial charge is 0.496 e. The molecule has 0 aromatic heterocycles. The highest BCUT2D eigenvalue weighted by Crippen LogP contribution is 2.33. The molecule has 0 radical (unpaired) electrons. The van der Waals surface area contributed by atoms with Crippen LogP contribution in [0, 0.1) is 16.0 Å². The molecule has 0 heterocycles. The quantitative estimate of drug-likeness (QED) is 0.653. The zero-order valence-electron chi connectivity index (χ0n) is 12.1. The first-order chi connectivity index (χ1) is 9.63. The Labute approximate surface area is 119 Å². The zero-order valence-corrected chi connectivity index (χ0v) is 12.1. The van der Waals surface area contributed by atoms with Gasteiger partial charge in [-0.15, -0.1) is 0 Å². The monoisotopic (exact) mass is 278 g/mol. The van der Waals surface area contributed by atoms with E-state index in [9.17, 15) is 10.1 Å². The molecule has 0 saturated heterocycles. The first-order valence-corrected chi connectivity index (χ1v) is 7.23. The van der Waals surface area contributed by atoms with E-state index < -0.39 is 0 Å². The van der Waals surface area contributed by atoms with Crippen molar-refractivity contribution in [2.75, 3.05) is 12.4 Å². The maximum Gasteiger partial charge on any atom is 0.296 e. The van der Waals surface area contributed by atoms with E-state index in [1.807, 2.05) is 0 Å². The first-order valence-electron chi connectivity index (χ1n) is 7.23. The van der Waals surface area contributed by atoms with Crippen molar-refractivity contribution in [3.8, 4) is 5.75 Å². The third-order valence-electron chi connectivity index (χ3n) is 4.19. The van der Waals surface area contributed by atoms with Gasteiger partial charge in [0.1, 0.15) is 11.4 Å². The average Bonchev–Trinajstić information content (AvgIpc) is 2.48. The molecule has 1 aliphatic carbocycles. The fourth-order valence-electron chi connectivity index (χ4n) is 2.85. The van der Waals surface area contributed by atoms with Gasteiger partial charge in [-0.05, 0) is 43.7 Å². The second kappa shape index (κ2) is 6.59. The standard InChI is InChI=1S/C15H22N2O3/c1-3-11-4-6-12(7-5-11)16-14-9-8-13(20-2)10-15(14)17(18)19/h8-12,16H,3-7H2,1-2H3. The number of benzene rings is 1. The zero-order chi connectivity index (χ0) is 14.5. The number of nitro groups is 1. The summed E-state index contributed by atoms with van der Waals surface area (Å²) < 4.78 is 5.05. The Kier molecular flexibility index (Phi) is 4.82. The van der Waals surface area contributed by atoms with Gasteiger partial charge in [-0.1, -0.05) is 13.3 Å². The molecule has 1 saturated carbocycles. The minimum atomic E-state index is -0.359. The average molecular weight is 278 g/mol. The summed E-state index contributed by atoms with van der Waals surface area (Å²) in [6.07, 6.45) is 5.81. The maximum atomic E-state index is 11.1. The van der Waals surface area contributed by atoms with Crippen molar-refractivity contribution in [2.45, 2.75) is 45.1 Å². The summed E-state index contributed by atoms with van der Waals surface area (Å²) in [6.45, 7) is 2.23. The fourth-order valence-corrected chi connectivity index (χ4v) is 2.85. The summed E-state index contributed by atoms with van der Waals surface area (Å²) >= 11 is 0. The Morgan fingerprint density at radius 2 is 2.05 bits per heavy atom. The number of anilines is 1. The second-order valence-corrected chi connectivity index (χ2v) is 5.41. The molecule has 20 heavy (non-hydrogen) atoms. The molecule has 0 bridgehead atoms. The smallest absolute Gasteiger partial charge is 0.296 e. The van der Waals surface area contributed by atoms with Crippen molar-refractivity contribution in [1.82, 2.24) is 0 Å².